The fraction of sp³-hybridized carbons (Fsp3) is 0.333. The zero-order valence-electron chi connectivity index (χ0n) is 10.9. The van der Waals surface area contributed by atoms with Crippen LogP contribution in [0.4, 0.5) is 4.79 Å². The highest BCUT2D eigenvalue weighted by molar-refractivity contribution is 7.91. The normalized spacial score (nSPS) is 15.1. The topological polar surface area (TPSA) is 104 Å². The molecule has 0 unspecified atom stereocenters. The van der Waals surface area contributed by atoms with Gasteiger partial charge in [-0.25, -0.2) is 18.0 Å². The van der Waals surface area contributed by atoms with E-state index in [9.17, 15) is 18.0 Å². The summed E-state index contributed by atoms with van der Waals surface area (Å²) in [5.41, 5.74) is -0.158. The third-order valence-electron chi connectivity index (χ3n) is 3.11. The van der Waals surface area contributed by atoms with Gasteiger partial charge in [0.15, 0.2) is 9.84 Å². The number of carboxylic acids is 1. The second-order valence-corrected chi connectivity index (χ2v) is 7.00. The first-order chi connectivity index (χ1) is 9.81. The molecule has 0 bridgehead atoms. The highest BCUT2D eigenvalue weighted by Gasteiger charge is 2.23. The van der Waals surface area contributed by atoms with Crippen LogP contribution >= 0.6 is 11.6 Å². The van der Waals surface area contributed by atoms with Gasteiger partial charge in [-0.05, 0) is 18.2 Å². The summed E-state index contributed by atoms with van der Waals surface area (Å²) >= 11 is 5.76. The van der Waals surface area contributed by atoms with Crippen molar-refractivity contribution in [3.8, 4) is 0 Å². The molecule has 2 amide bonds. The Bertz CT molecular complexity index is 689. The number of aromatic carboxylic acids is 1. The molecular weight excluding hydrogens is 320 g/mol. The van der Waals surface area contributed by atoms with Crippen LogP contribution in [0.5, 0.6) is 0 Å². The van der Waals surface area contributed by atoms with Crippen LogP contribution in [0.15, 0.2) is 23.1 Å². The number of halogens is 1. The Hall–Kier alpha value is -1.80. The number of nitrogens with zero attached hydrogens (tertiary/aromatic N) is 1. The smallest absolute Gasteiger partial charge is 0.337 e. The molecule has 7 nitrogen and oxygen atoms in total. The average molecular weight is 333 g/mol. The number of sulfone groups is 1. The molecule has 1 aromatic rings. The summed E-state index contributed by atoms with van der Waals surface area (Å²) in [4.78, 5) is 23.5. The van der Waals surface area contributed by atoms with Gasteiger partial charge in [-0.2, -0.15) is 0 Å². The van der Waals surface area contributed by atoms with Gasteiger partial charge < -0.3 is 15.3 Å². The molecule has 0 atom stereocenters. The lowest BCUT2D eigenvalue weighted by atomic mass is 10.2. The zero-order valence-corrected chi connectivity index (χ0v) is 12.4. The Kier molecular flexibility index (Phi) is 4.38. The fourth-order valence-corrected chi connectivity index (χ4v) is 3.53. The van der Waals surface area contributed by atoms with Gasteiger partial charge in [-0.1, -0.05) is 11.6 Å². The number of rotatable bonds is 5. The van der Waals surface area contributed by atoms with E-state index in [0.717, 1.165) is 12.1 Å². The first kappa shape index (κ1) is 15.6. The largest absolute Gasteiger partial charge is 0.478 e. The van der Waals surface area contributed by atoms with Gasteiger partial charge in [0.25, 0.3) is 0 Å². The van der Waals surface area contributed by atoms with Crippen LogP contribution in [0.3, 0.4) is 0 Å². The lowest BCUT2D eigenvalue weighted by molar-refractivity contribution is 0.0697. The predicted octanol–water partition coefficient (Wildman–Crippen LogP) is 0.837. The Morgan fingerprint density at radius 3 is 2.67 bits per heavy atom. The summed E-state index contributed by atoms with van der Waals surface area (Å²) in [7, 11) is -3.64. The van der Waals surface area contributed by atoms with Gasteiger partial charge in [0.1, 0.15) is 0 Å². The van der Waals surface area contributed by atoms with Crippen LogP contribution in [0.1, 0.15) is 10.4 Å². The van der Waals surface area contributed by atoms with Gasteiger partial charge in [0.2, 0.25) is 0 Å². The number of carbonyl (C=O) groups is 2. The first-order valence-corrected chi connectivity index (χ1v) is 8.12. The number of benzene rings is 1. The second-order valence-electron chi connectivity index (χ2n) is 4.48. The van der Waals surface area contributed by atoms with Crippen LogP contribution in [0.25, 0.3) is 0 Å². The van der Waals surface area contributed by atoms with E-state index in [1.165, 1.54) is 11.0 Å². The van der Waals surface area contributed by atoms with E-state index in [1.54, 1.807) is 0 Å². The van der Waals surface area contributed by atoms with E-state index in [4.69, 9.17) is 16.7 Å². The van der Waals surface area contributed by atoms with Crippen LogP contribution in [-0.4, -0.2) is 55.8 Å². The number of carboxylic acid groups (broad SMARTS) is 1. The molecule has 0 aromatic heterocycles. The van der Waals surface area contributed by atoms with E-state index in [2.05, 4.69) is 5.32 Å². The van der Waals surface area contributed by atoms with Crippen LogP contribution in [0, 0.1) is 0 Å². The maximum absolute atomic E-state index is 12.2. The van der Waals surface area contributed by atoms with Crippen molar-refractivity contribution in [2.45, 2.75) is 4.90 Å². The Morgan fingerprint density at radius 1 is 1.43 bits per heavy atom. The Balaban J connectivity index is 2.14. The zero-order chi connectivity index (χ0) is 15.6. The number of nitrogens with one attached hydrogen (secondary N) is 1. The third-order valence-corrected chi connectivity index (χ3v) is 5.11. The van der Waals surface area contributed by atoms with Crippen molar-refractivity contribution in [1.82, 2.24) is 10.2 Å². The molecule has 21 heavy (non-hydrogen) atoms. The van der Waals surface area contributed by atoms with Crippen molar-refractivity contribution in [1.29, 1.82) is 0 Å². The fourth-order valence-electron chi connectivity index (χ4n) is 1.94. The molecule has 1 aliphatic heterocycles. The molecule has 0 radical (unpaired) electrons. The quantitative estimate of drug-likeness (QED) is 0.831. The maximum Gasteiger partial charge on any atom is 0.337 e. The molecule has 1 aliphatic rings. The predicted molar refractivity (Wildman–Crippen MR) is 75.4 cm³/mol. The van der Waals surface area contributed by atoms with Gasteiger partial charge in [-0.15, -0.1) is 0 Å². The molecule has 0 spiro atoms. The number of hydrogen-bond donors (Lipinski definition) is 2. The summed E-state index contributed by atoms with van der Waals surface area (Å²) in [6.45, 7) is 1.04. The van der Waals surface area contributed by atoms with Crippen molar-refractivity contribution in [2.75, 3.05) is 25.4 Å². The van der Waals surface area contributed by atoms with E-state index >= 15 is 0 Å². The standard InChI is InChI=1S/C12H13ClN2O5S/c13-10-7-8(1-2-9(10)11(16)17)21(19,20)6-5-15-4-3-14-12(15)18/h1-2,7H,3-6H2,(H,14,18)(H,16,17). The number of carbonyl (C=O) groups excluding carboxylic acids is 1. The monoisotopic (exact) mass is 332 g/mol. The maximum atomic E-state index is 12.2. The molecule has 1 aromatic carbocycles. The number of hydrogen-bond acceptors (Lipinski definition) is 4. The molecule has 1 saturated heterocycles. The summed E-state index contributed by atoms with van der Waals surface area (Å²) in [5, 5.41) is 11.3. The van der Waals surface area contributed by atoms with Gasteiger partial charge in [0.05, 0.1) is 21.2 Å². The average Bonchev–Trinajstić information content (AvgIpc) is 2.81. The SMILES string of the molecule is O=C(O)c1ccc(S(=O)(=O)CCN2CCNC2=O)cc1Cl. The lowest BCUT2D eigenvalue weighted by Gasteiger charge is -2.14. The van der Waals surface area contributed by atoms with Crippen LogP contribution in [-0.2, 0) is 9.84 Å². The minimum absolute atomic E-state index is 0.0582. The molecule has 2 N–H and O–H groups in total. The Morgan fingerprint density at radius 2 is 2.14 bits per heavy atom. The summed E-state index contributed by atoms with van der Waals surface area (Å²) in [5.74, 6) is -1.47. The molecule has 2 rings (SSSR count). The van der Waals surface area contributed by atoms with Gasteiger partial charge >= 0.3 is 12.0 Å². The van der Waals surface area contributed by atoms with Gasteiger partial charge in [0, 0.05) is 19.6 Å². The minimum Gasteiger partial charge on any atom is -0.478 e. The van der Waals surface area contributed by atoms with Crippen LogP contribution in [0.2, 0.25) is 5.02 Å². The van der Waals surface area contributed by atoms with E-state index in [-0.39, 0.29) is 33.8 Å². The van der Waals surface area contributed by atoms with Gasteiger partial charge in [-0.3, -0.25) is 0 Å². The number of urea groups is 1. The van der Waals surface area contributed by atoms with Crippen molar-refractivity contribution < 1.29 is 23.1 Å². The third kappa shape index (κ3) is 3.45. The molecule has 0 aliphatic carbocycles. The first-order valence-electron chi connectivity index (χ1n) is 6.09. The summed E-state index contributed by atoms with van der Waals surface area (Å²) in [6.07, 6.45) is 0. The van der Waals surface area contributed by atoms with E-state index in [0.29, 0.717) is 13.1 Å². The van der Waals surface area contributed by atoms with Crippen molar-refractivity contribution >= 4 is 33.4 Å². The van der Waals surface area contributed by atoms with Crippen molar-refractivity contribution in [3.05, 3.63) is 28.8 Å². The highest BCUT2D eigenvalue weighted by atomic mass is 35.5. The van der Waals surface area contributed by atoms with E-state index in [1.807, 2.05) is 0 Å². The van der Waals surface area contributed by atoms with Crippen molar-refractivity contribution in [3.63, 3.8) is 0 Å². The molecule has 1 heterocycles. The van der Waals surface area contributed by atoms with E-state index < -0.39 is 15.8 Å². The second kappa shape index (κ2) is 5.90. The molecule has 114 valence electrons. The summed E-state index contributed by atoms with van der Waals surface area (Å²) in [6, 6.07) is 3.18. The van der Waals surface area contributed by atoms with Crippen LogP contribution < -0.4 is 5.32 Å². The lowest BCUT2D eigenvalue weighted by Crippen LogP contribution is -2.32. The minimum atomic E-state index is -3.64. The van der Waals surface area contributed by atoms with Crippen molar-refractivity contribution in [2.24, 2.45) is 0 Å². The highest BCUT2D eigenvalue weighted by Crippen LogP contribution is 2.22. The molecule has 9 heteroatoms. The molecule has 1 fully saturated rings. The number of amides is 2. The summed E-state index contributed by atoms with van der Waals surface area (Å²) < 4.78 is 24.3. The Labute approximate surface area is 126 Å². The molecular formula is C12H13ClN2O5S. The molecule has 0 saturated carbocycles.